The monoisotopic (exact) mass is 248 g/mol. The number of carbonyl (C=O) groups is 2. The minimum atomic E-state index is -0.270. The Balaban J connectivity index is 2.28. The molecule has 0 radical (unpaired) electrons. The fourth-order valence-electron chi connectivity index (χ4n) is 1.51. The van der Waals surface area contributed by atoms with E-state index in [0.717, 1.165) is 22.3 Å². The number of rotatable bonds is 2. The molecular weight excluding hydrogens is 236 g/mol. The van der Waals surface area contributed by atoms with Crippen molar-refractivity contribution in [2.75, 3.05) is 14.1 Å². The van der Waals surface area contributed by atoms with Gasteiger partial charge in [0.25, 0.3) is 5.91 Å². The van der Waals surface area contributed by atoms with Crippen LogP contribution in [0.5, 0.6) is 0 Å². The number of imide groups is 1. The molecule has 0 spiro atoms. The number of hydrogen-bond donors (Lipinski definition) is 0. The summed E-state index contributed by atoms with van der Waals surface area (Å²) in [6.45, 7) is 0. The van der Waals surface area contributed by atoms with Gasteiger partial charge in [-0.15, -0.1) is 0 Å². The summed E-state index contributed by atoms with van der Waals surface area (Å²) in [7, 11) is 3.34. The SMILES string of the molecule is CN(C)N1C(=O)SC(=Cc2ccccc2)C1=O. The van der Waals surface area contributed by atoms with Crippen LogP contribution in [0.4, 0.5) is 4.79 Å². The van der Waals surface area contributed by atoms with Gasteiger partial charge in [0.1, 0.15) is 0 Å². The summed E-state index contributed by atoms with van der Waals surface area (Å²) >= 11 is 0.962. The second-order valence-electron chi connectivity index (χ2n) is 3.75. The van der Waals surface area contributed by atoms with Crippen LogP contribution in [0.1, 0.15) is 5.56 Å². The summed E-state index contributed by atoms with van der Waals surface area (Å²) in [6.07, 6.45) is 1.73. The Kier molecular flexibility index (Phi) is 3.31. The van der Waals surface area contributed by atoms with Gasteiger partial charge in [-0.3, -0.25) is 9.59 Å². The first-order valence-corrected chi connectivity index (χ1v) is 5.91. The first-order valence-electron chi connectivity index (χ1n) is 5.10. The minimum absolute atomic E-state index is 0.262. The van der Waals surface area contributed by atoms with Crippen molar-refractivity contribution in [3.63, 3.8) is 0 Å². The maximum atomic E-state index is 11.9. The zero-order chi connectivity index (χ0) is 12.4. The van der Waals surface area contributed by atoms with Crippen LogP contribution >= 0.6 is 11.8 Å². The van der Waals surface area contributed by atoms with Crippen molar-refractivity contribution in [2.45, 2.75) is 0 Å². The Labute approximate surface area is 104 Å². The van der Waals surface area contributed by atoms with Crippen molar-refractivity contribution >= 4 is 29.0 Å². The highest BCUT2D eigenvalue weighted by atomic mass is 32.2. The van der Waals surface area contributed by atoms with Gasteiger partial charge in [0.05, 0.1) is 4.91 Å². The topological polar surface area (TPSA) is 40.6 Å². The third-order valence-electron chi connectivity index (χ3n) is 2.27. The zero-order valence-corrected chi connectivity index (χ0v) is 10.4. The van der Waals surface area contributed by atoms with Crippen LogP contribution in [0.2, 0.25) is 0 Å². The van der Waals surface area contributed by atoms with E-state index in [4.69, 9.17) is 0 Å². The molecule has 0 atom stereocenters. The van der Waals surface area contributed by atoms with Gasteiger partial charge in [0.15, 0.2) is 0 Å². The van der Waals surface area contributed by atoms with Gasteiger partial charge < -0.3 is 0 Å². The molecule has 1 aromatic carbocycles. The molecule has 17 heavy (non-hydrogen) atoms. The lowest BCUT2D eigenvalue weighted by molar-refractivity contribution is -0.131. The predicted molar refractivity (Wildman–Crippen MR) is 67.9 cm³/mol. The molecule has 2 rings (SSSR count). The summed E-state index contributed by atoms with van der Waals surface area (Å²) in [4.78, 5) is 24.0. The third-order valence-corrected chi connectivity index (χ3v) is 3.13. The molecule has 2 amide bonds. The van der Waals surface area contributed by atoms with Crippen LogP contribution in [0, 0.1) is 0 Å². The average Bonchev–Trinajstić information content (AvgIpc) is 2.55. The Morgan fingerprint density at radius 1 is 1.18 bits per heavy atom. The Morgan fingerprint density at radius 2 is 1.82 bits per heavy atom. The van der Waals surface area contributed by atoms with Gasteiger partial charge in [-0.25, -0.2) is 5.01 Å². The maximum Gasteiger partial charge on any atom is 0.308 e. The molecule has 1 aliphatic rings. The molecule has 0 aliphatic carbocycles. The van der Waals surface area contributed by atoms with E-state index in [1.165, 1.54) is 5.01 Å². The lowest BCUT2D eigenvalue weighted by atomic mass is 10.2. The summed E-state index contributed by atoms with van der Waals surface area (Å²) < 4.78 is 0. The molecule has 5 heteroatoms. The molecule has 0 bridgehead atoms. The van der Waals surface area contributed by atoms with Crippen LogP contribution in [0.15, 0.2) is 35.2 Å². The maximum absolute atomic E-state index is 11.9. The number of hydrogen-bond acceptors (Lipinski definition) is 4. The molecular formula is C12H12N2O2S. The summed E-state index contributed by atoms with van der Waals surface area (Å²) in [5.74, 6) is -0.270. The fourth-order valence-corrected chi connectivity index (χ4v) is 2.39. The summed E-state index contributed by atoms with van der Waals surface area (Å²) in [5.41, 5.74) is 0.914. The third kappa shape index (κ3) is 2.40. The molecule has 1 aliphatic heterocycles. The largest absolute Gasteiger partial charge is 0.308 e. The van der Waals surface area contributed by atoms with Crippen molar-refractivity contribution in [1.29, 1.82) is 0 Å². The second-order valence-corrected chi connectivity index (χ2v) is 4.74. The van der Waals surface area contributed by atoms with Crippen molar-refractivity contribution in [1.82, 2.24) is 10.0 Å². The molecule has 1 heterocycles. The second kappa shape index (κ2) is 4.73. The Bertz CT molecular complexity index is 483. The Morgan fingerprint density at radius 3 is 2.35 bits per heavy atom. The number of amides is 2. The van der Waals surface area contributed by atoms with E-state index in [1.807, 2.05) is 30.3 Å². The molecule has 0 N–H and O–H groups in total. The van der Waals surface area contributed by atoms with Crippen LogP contribution in [0.25, 0.3) is 6.08 Å². The van der Waals surface area contributed by atoms with Crippen molar-refractivity contribution in [3.05, 3.63) is 40.8 Å². The number of thioether (sulfide) groups is 1. The van der Waals surface area contributed by atoms with Gasteiger partial charge in [-0.1, -0.05) is 30.3 Å². The van der Waals surface area contributed by atoms with E-state index in [0.29, 0.717) is 4.91 Å². The number of benzene rings is 1. The van der Waals surface area contributed by atoms with E-state index >= 15 is 0 Å². The van der Waals surface area contributed by atoms with Gasteiger partial charge in [0, 0.05) is 14.1 Å². The first-order chi connectivity index (χ1) is 8.09. The van der Waals surface area contributed by atoms with E-state index < -0.39 is 0 Å². The molecule has 1 fully saturated rings. The van der Waals surface area contributed by atoms with E-state index in [9.17, 15) is 9.59 Å². The normalized spacial score (nSPS) is 18.5. The average molecular weight is 248 g/mol. The number of carbonyl (C=O) groups excluding carboxylic acids is 2. The number of hydrazine groups is 1. The fraction of sp³-hybridized carbons (Fsp3) is 0.167. The van der Waals surface area contributed by atoms with Gasteiger partial charge in [0.2, 0.25) is 0 Å². The first kappa shape index (κ1) is 11.9. The molecule has 88 valence electrons. The van der Waals surface area contributed by atoms with Crippen LogP contribution in [-0.4, -0.2) is 35.3 Å². The van der Waals surface area contributed by atoms with Crippen molar-refractivity contribution in [2.24, 2.45) is 0 Å². The smallest absolute Gasteiger partial charge is 0.266 e. The lowest BCUT2D eigenvalue weighted by Gasteiger charge is -2.19. The van der Waals surface area contributed by atoms with E-state index in [2.05, 4.69) is 0 Å². The predicted octanol–water partition coefficient (Wildman–Crippen LogP) is 2.20. The molecule has 0 aromatic heterocycles. The van der Waals surface area contributed by atoms with Crippen molar-refractivity contribution in [3.8, 4) is 0 Å². The summed E-state index contributed by atoms with van der Waals surface area (Å²) in [6, 6.07) is 9.47. The van der Waals surface area contributed by atoms with Crippen LogP contribution < -0.4 is 0 Å². The molecule has 1 aromatic rings. The van der Waals surface area contributed by atoms with Crippen molar-refractivity contribution < 1.29 is 9.59 Å². The van der Waals surface area contributed by atoms with Gasteiger partial charge in [-0.2, -0.15) is 5.01 Å². The molecule has 1 saturated heterocycles. The van der Waals surface area contributed by atoms with Gasteiger partial charge in [-0.05, 0) is 23.4 Å². The standard InChI is InChI=1S/C12H12N2O2S/c1-13(2)14-11(15)10(17-12(14)16)8-9-6-4-3-5-7-9/h3-8H,1-2H3. The van der Waals surface area contributed by atoms with Crippen LogP contribution in [0.3, 0.4) is 0 Å². The quantitative estimate of drug-likeness (QED) is 0.752. The Hall–Kier alpha value is -1.59. The summed E-state index contributed by atoms with van der Waals surface area (Å²) in [5, 5.41) is 2.35. The highest BCUT2D eigenvalue weighted by Crippen LogP contribution is 2.32. The highest BCUT2D eigenvalue weighted by molar-refractivity contribution is 8.18. The number of nitrogens with zero attached hydrogens (tertiary/aromatic N) is 2. The molecule has 0 saturated carbocycles. The zero-order valence-electron chi connectivity index (χ0n) is 9.58. The highest BCUT2D eigenvalue weighted by Gasteiger charge is 2.36. The van der Waals surface area contributed by atoms with Crippen LogP contribution in [-0.2, 0) is 4.79 Å². The van der Waals surface area contributed by atoms with E-state index in [-0.39, 0.29) is 11.1 Å². The lowest BCUT2D eigenvalue weighted by Crippen LogP contribution is -2.40. The molecule has 4 nitrogen and oxygen atoms in total. The van der Waals surface area contributed by atoms with Gasteiger partial charge >= 0.3 is 5.24 Å². The minimum Gasteiger partial charge on any atom is -0.266 e. The van der Waals surface area contributed by atoms with E-state index in [1.54, 1.807) is 20.2 Å². The molecule has 0 unspecified atom stereocenters.